The minimum absolute atomic E-state index is 0.268. The Morgan fingerprint density at radius 2 is 2.25 bits per heavy atom. The van der Waals surface area contributed by atoms with E-state index in [0.717, 1.165) is 0 Å². The van der Waals surface area contributed by atoms with Gasteiger partial charge >= 0.3 is 11.9 Å². The van der Waals surface area contributed by atoms with Gasteiger partial charge in [-0.2, -0.15) is 0 Å². The Labute approximate surface area is 103 Å². The average molecular weight is 291 g/mol. The fraction of sp³-hybridized carbons (Fsp3) is 0.636. The summed E-state index contributed by atoms with van der Waals surface area (Å²) in [5.41, 5.74) is 0.156. The van der Waals surface area contributed by atoms with Crippen molar-refractivity contribution in [2.75, 3.05) is 6.61 Å². The van der Waals surface area contributed by atoms with E-state index in [1.807, 2.05) is 13.8 Å². The molecule has 0 aromatic heterocycles. The van der Waals surface area contributed by atoms with Crippen molar-refractivity contribution < 1.29 is 19.1 Å². The first-order chi connectivity index (χ1) is 7.25. The number of hydrogen-bond donors (Lipinski definition) is 0. The summed E-state index contributed by atoms with van der Waals surface area (Å²) in [5, 5.41) is 0. The van der Waals surface area contributed by atoms with Crippen LogP contribution in [0.2, 0.25) is 0 Å². The second-order valence-electron chi connectivity index (χ2n) is 4.62. The monoisotopic (exact) mass is 290 g/mol. The highest BCUT2D eigenvalue weighted by Crippen LogP contribution is 2.31. The zero-order valence-electron chi connectivity index (χ0n) is 9.58. The lowest BCUT2D eigenvalue weighted by Gasteiger charge is -2.22. The highest BCUT2D eigenvalue weighted by Gasteiger charge is 2.47. The molecule has 1 saturated heterocycles. The van der Waals surface area contributed by atoms with Crippen LogP contribution in [0.1, 0.15) is 20.8 Å². The van der Waals surface area contributed by atoms with E-state index in [9.17, 15) is 9.59 Å². The lowest BCUT2D eigenvalue weighted by Crippen LogP contribution is -2.37. The largest absolute Gasteiger partial charge is 0.462 e. The molecule has 0 saturated carbocycles. The number of carbonyl (C=O) groups is 2. The van der Waals surface area contributed by atoms with Crippen LogP contribution >= 0.6 is 15.9 Å². The molecule has 16 heavy (non-hydrogen) atoms. The minimum atomic E-state index is -0.834. The van der Waals surface area contributed by atoms with Crippen LogP contribution in [0.25, 0.3) is 0 Å². The maximum atomic E-state index is 11.6. The first-order valence-corrected chi connectivity index (χ1v) is 5.84. The zero-order valence-corrected chi connectivity index (χ0v) is 11.2. The second-order valence-corrected chi connectivity index (χ2v) is 5.54. The molecule has 2 atom stereocenters. The summed E-state index contributed by atoms with van der Waals surface area (Å²) in [4.78, 5) is 22.4. The minimum Gasteiger partial charge on any atom is -0.462 e. The van der Waals surface area contributed by atoms with Gasteiger partial charge in [0.15, 0.2) is 0 Å². The number of esters is 2. The normalized spacial score (nSPS) is 24.8. The summed E-state index contributed by atoms with van der Waals surface area (Å²) < 4.78 is 10.0. The van der Waals surface area contributed by atoms with Crippen molar-refractivity contribution in [3.8, 4) is 0 Å². The van der Waals surface area contributed by atoms with Gasteiger partial charge in [0.25, 0.3) is 0 Å². The molecule has 0 aliphatic carbocycles. The third-order valence-corrected chi connectivity index (χ3v) is 3.54. The van der Waals surface area contributed by atoms with Crippen LogP contribution in [0.4, 0.5) is 0 Å². The van der Waals surface area contributed by atoms with Crippen molar-refractivity contribution in [3.05, 3.63) is 12.2 Å². The van der Waals surface area contributed by atoms with Crippen LogP contribution in [0.15, 0.2) is 12.2 Å². The predicted octanol–water partition coefficient (Wildman–Crippen LogP) is 1.82. The van der Waals surface area contributed by atoms with E-state index in [2.05, 4.69) is 22.5 Å². The predicted molar refractivity (Wildman–Crippen MR) is 62.1 cm³/mol. The van der Waals surface area contributed by atoms with E-state index in [1.165, 1.54) is 0 Å². The molecule has 1 aliphatic heterocycles. The summed E-state index contributed by atoms with van der Waals surface area (Å²) >= 11 is 3.15. The number of cyclic esters (lactones) is 1. The summed E-state index contributed by atoms with van der Waals surface area (Å²) in [5.74, 6) is -0.996. The molecule has 5 heteroatoms. The molecule has 0 aromatic carbocycles. The van der Waals surface area contributed by atoms with E-state index in [-0.39, 0.29) is 6.61 Å². The fourth-order valence-electron chi connectivity index (χ4n) is 1.31. The van der Waals surface area contributed by atoms with Crippen LogP contribution in [0.3, 0.4) is 0 Å². The highest BCUT2D eigenvalue weighted by atomic mass is 79.9. The van der Waals surface area contributed by atoms with Gasteiger partial charge in [-0.1, -0.05) is 41.9 Å². The molecule has 90 valence electrons. The number of halogens is 1. The molecular formula is C11H15BrO4. The molecule has 1 fully saturated rings. The van der Waals surface area contributed by atoms with Crippen molar-refractivity contribution in [2.45, 2.75) is 31.7 Å². The number of carbonyl (C=O) groups excluding carboxylic acids is 2. The third kappa shape index (κ3) is 2.64. The SMILES string of the molecule is C=C(C)C(Br)C(=O)O[C@H]1C(=O)OCC1(C)C. The Morgan fingerprint density at radius 3 is 2.62 bits per heavy atom. The Morgan fingerprint density at radius 1 is 1.69 bits per heavy atom. The van der Waals surface area contributed by atoms with Gasteiger partial charge in [0.05, 0.1) is 0 Å². The summed E-state index contributed by atoms with van der Waals surface area (Å²) in [7, 11) is 0. The summed E-state index contributed by atoms with van der Waals surface area (Å²) in [6, 6.07) is 0. The van der Waals surface area contributed by atoms with Crippen molar-refractivity contribution in [2.24, 2.45) is 5.41 Å². The topological polar surface area (TPSA) is 52.6 Å². The van der Waals surface area contributed by atoms with E-state index in [0.29, 0.717) is 5.57 Å². The lowest BCUT2D eigenvalue weighted by molar-refractivity contribution is -0.162. The van der Waals surface area contributed by atoms with Crippen molar-refractivity contribution >= 4 is 27.9 Å². The third-order valence-electron chi connectivity index (χ3n) is 2.38. The van der Waals surface area contributed by atoms with Gasteiger partial charge in [0, 0.05) is 5.41 Å². The zero-order chi connectivity index (χ0) is 12.5. The molecule has 0 bridgehead atoms. The Bertz CT molecular complexity index is 335. The van der Waals surface area contributed by atoms with E-state index >= 15 is 0 Å². The van der Waals surface area contributed by atoms with Gasteiger partial charge in [-0.3, -0.25) is 4.79 Å². The molecule has 0 radical (unpaired) electrons. The van der Waals surface area contributed by atoms with Gasteiger partial charge in [-0.15, -0.1) is 0 Å². The quantitative estimate of drug-likeness (QED) is 0.452. The van der Waals surface area contributed by atoms with Crippen molar-refractivity contribution in [1.29, 1.82) is 0 Å². The van der Waals surface area contributed by atoms with E-state index in [4.69, 9.17) is 9.47 Å². The standard InChI is InChI=1S/C11H15BrO4/c1-6(2)7(12)9(13)16-8-10(14)15-5-11(8,3)4/h7-8H,1,5H2,2-4H3/t7?,8-/m0/s1. The molecule has 1 aliphatic rings. The van der Waals surface area contributed by atoms with Crippen LogP contribution in [-0.2, 0) is 19.1 Å². The van der Waals surface area contributed by atoms with Crippen LogP contribution in [0.5, 0.6) is 0 Å². The van der Waals surface area contributed by atoms with Gasteiger partial charge in [0.1, 0.15) is 11.4 Å². The van der Waals surface area contributed by atoms with Crippen molar-refractivity contribution in [3.63, 3.8) is 0 Å². The number of alkyl halides is 1. The second kappa shape index (κ2) is 4.57. The number of ether oxygens (including phenoxy) is 2. The lowest BCUT2D eigenvalue weighted by atomic mass is 9.90. The average Bonchev–Trinajstić information content (AvgIpc) is 2.43. The number of rotatable bonds is 3. The van der Waals surface area contributed by atoms with Crippen LogP contribution in [0, 0.1) is 5.41 Å². The maximum Gasteiger partial charge on any atom is 0.348 e. The summed E-state index contributed by atoms with van der Waals surface area (Å²) in [6.07, 6.45) is -0.834. The Hall–Kier alpha value is -0.840. The smallest absolute Gasteiger partial charge is 0.348 e. The van der Waals surface area contributed by atoms with Crippen molar-refractivity contribution in [1.82, 2.24) is 0 Å². The van der Waals surface area contributed by atoms with Gasteiger partial charge < -0.3 is 9.47 Å². The molecule has 4 nitrogen and oxygen atoms in total. The fourth-order valence-corrected chi connectivity index (χ4v) is 1.42. The molecular weight excluding hydrogens is 276 g/mol. The molecule has 1 unspecified atom stereocenters. The van der Waals surface area contributed by atoms with E-state index < -0.39 is 28.3 Å². The van der Waals surface area contributed by atoms with Gasteiger partial charge in [0.2, 0.25) is 6.10 Å². The van der Waals surface area contributed by atoms with E-state index in [1.54, 1.807) is 6.92 Å². The van der Waals surface area contributed by atoms with Crippen LogP contribution in [-0.4, -0.2) is 29.5 Å². The highest BCUT2D eigenvalue weighted by molar-refractivity contribution is 9.10. The molecule has 0 aromatic rings. The molecule has 0 spiro atoms. The first-order valence-electron chi connectivity index (χ1n) is 4.92. The van der Waals surface area contributed by atoms with Gasteiger partial charge in [-0.25, -0.2) is 4.79 Å². The molecule has 1 rings (SSSR count). The maximum absolute atomic E-state index is 11.6. The first kappa shape index (κ1) is 13.2. The molecule has 0 amide bonds. The molecule has 0 N–H and O–H groups in total. The number of hydrogen-bond acceptors (Lipinski definition) is 4. The van der Waals surface area contributed by atoms with Gasteiger partial charge in [-0.05, 0) is 6.92 Å². The van der Waals surface area contributed by atoms with Crippen LogP contribution < -0.4 is 0 Å². The Balaban J connectivity index is 2.70. The Kier molecular flexibility index (Phi) is 3.78. The summed E-state index contributed by atoms with van der Waals surface area (Å²) in [6.45, 7) is 9.26. The molecule has 1 heterocycles.